The van der Waals surface area contributed by atoms with Crippen LogP contribution in [0.4, 0.5) is 10.5 Å². The molecule has 0 N–H and O–H groups in total. The van der Waals surface area contributed by atoms with Gasteiger partial charge in [-0.05, 0) is 42.0 Å². The van der Waals surface area contributed by atoms with Gasteiger partial charge in [0.15, 0.2) is 0 Å². The van der Waals surface area contributed by atoms with E-state index >= 15 is 0 Å². The number of benzene rings is 2. The van der Waals surface area contributed by atoms with Gasteiger partial charge in [-0.3, -0.25) is 4.79 Å². The van der Waals surface area contributed by atoms with Crippen LogP contribution in [0.3, 0.4) is 0 Å². The molecule has 0 atom stereocenters. The zero-order chi connectivity index (χ0) is 17.3. The van der Waals surface area contributed by atoms with Gasteiger partial charge in [-0.2, -0.15) is 5.26 Å². The normalized spacial score (nSPS) is 16.0. The van der Waals surface area contributed by atoms with Crippen molar-refractivity contribution in [1.82, 2.24) is 0 Å². The largest absolute Gasteiger partial charge is 0.427 e. The van der Waals surface area contributed by atoms with E-state index in [1.54, 1.807) is 36.4 Å². The monoisotopic (exact) mass is 358 g/mol. The number of ether oxygens (including phenoxy) is 1. The zero-order valence-corrected chi connectivity index (χ0v) is 13.5. The van der Waals surface area contributed by atoms with Crippen molar-refractivity contribution >= 4 is 46.5 Å². The number of rotatable bonds is 2. The van der Waals surface area contributed by atoms with Crippen molar-refractivity contribution in [3.05, 3.63) is 69.9 Å². The third kappa shape index (κ3) is 2.85. The number of cyclic esters (lactones) is 1. The lowest BCUT2D eigenvalue weighted by Crippen LogP contribution is -2.28. The molecule has 1 aliphatic heterocycles. The van der Waals surface area contributed by atoms with E-state index in [2.05, 4.69) is 0 Å². The Kier molecular flexibility index (Phi) is 4.26. The number of amides is 2. The summed E-state index contributed by atoms with van der Waals surface area (Å²) in [6, 6.07) is 14.3. The van der Waals surface area contributed by atoms with Crippen LogP contribution in [0, 0.1) is 11.3 Å². The molecule has 0 unspecified atom stereocenters. The number of nitrogens with zero attached hydrogens (tertiary/aromatic N) is 2. The molecule has 0 aliphatic carbocycles. The summed E-state index contributed by atoms with van der Waals surface area (Å²) in [6.45, 7) is 0. The molecule has 0 radical (unpaired) electrons. The summed E-state index contributed by atoms with van der Waals surface area (Å²) in [6.07, 6.45) is -0.876. The Balaban J connectivity index is 2.05. The first-order valence-electron chi connectivity index (χ1n) is 6.73. The molecule has 1 fully saturated rings. The smallest absolute Gasteiger partial charge is 0.402 e. The average Bonchev–Trinajstić information content (AvgIpc) is 2.86. The van der Waals surface area contributed by atoms with E-state index in [0.717, 1.165) is 4.90 Å². The van der Waals surface area contributed by atoms with E-state index in [-0.39, 0.29) is 11.3 Å². The molecular weight excluding hydrogens is 351 g/mol. The van der Waals surface area contributed by atoms with Crippen molar-refractivity contribution in [2.75, 3.05) is 4.90 Å². The summed E-state index contributed by atoms with van der Waals surface area (Å²) in [5.41, 5.74) is 0.690. The summed E-state index contributed by atoms with van der Waals surface area (Å²) in [5, 5.41) is 10.3. The second-order valence-electron chi connectivity index (χ2n) is 4.81. The Bertz CT molecular complexity index is 897. The Morgan fingerprint density at radius 2 is 1.50 bits per heavy atom. The quantitative estimate of drug-likeness (QED) is 0.588. The molecule has 1 heterocycles. The Labute approximate surface area is 147 Å². The minimum absolute atomic E-state index is 0.0403. The van der Waals surface area contributed by atoms with Crippen molar-refractivity contribution in [2.24, 2.45) is 0 Å². The molecule has 1 aliphatic rings. The van der Waals surface area contributed by atoms with Gasteiger partial charge in [0.25, 0.3) is 0 Å². The highest BCUT2D eigenvalue weighted by atomic mass is 35.5. The van der Waals surface area contributed by atoms with E-state index in [9.17, 15) is 14.9 Å². The minimum atomic E-state index is -0.876. The summed E-state index contributed by atoms with van der Waals surface area (Å²) in [4.78, 5) is 25.5. The zero-order valence-electron chi connectivity index (χ0n) is 12.0. The lowest BCUT2D eigenvalue weighted by molar-refractivity contribution is -0.114. The van der Waals surface area contributed by atoms with Crippen LogP contribution in [0.25, 0.3) is 5.57 Å². The average molecular weight is 359 g/mol. The first-order valence-corrected chi connectivity index (χ1v) is 7.49. The van der Waals surface area contributed by atoms with E-state index in [1.807, 2.05) is 6.07 Å². The van der Waals surface area contributed by atoms with Crippen LogP contribution in [0.2, 0.25) is 10.0 Å². The Morgan fingerprint density at radius 3 is 2.04 bits per heavy atom. The lowest BCUT2D eigenvalue weighted by atomic mass is 10.1. The fourth-order valence-electron chi connectivity index (χ4n) is 2.19. The summed E-state index contributed by atoms with van der Waals surface area (Å²) >= 11 is 11.6. The molecule has 24 heavy (non-hydrogen) atoms. The first kappa shape index (κ1) is 16.1. The highest BCUT2D eigenvalue weighted by molar-refractivity contribution is 6.31. The first-order chi connectivity index (χ1) is 11.5. The summed E-state index contributed by atoms with van der Waals surface area (Å²) in [5.74, 6) is -1.03. The predicted octanol–water partition coefficient (Wildman–Crippen LogP) is 4.41. The van der Waals surface area contributed by atoms with Crippen molar-refractivity contribution in [3.8, 4) is 6.07 Å². The SMILES string of the molecule is N#C/C(=C1/OC(=O)N(c2ccc(Cl)cc2)C1=O)c1ccc(Cl)cc1. The van der Waals surface area contributed by atoms with E-state index in [1.165, 1.54) is 12.1 Å². The lowest BCUT2D eigenvalue weighted by Gasteiger charge is -2.09. The van der Waals surface area contributed by atoms with Crippen LogP contribution in [0.15, 0.2) is 54.3 Å². The molecule has 2 aromatic rings. The highest BCUT2D eigenvalue weighted by Gasteiger charge is 2.40. The Morgan fingerprint density at radius 1 is 0.958 bits per heavy atom. The molecule has 2 aromatic carbocycles. The van der Waals surface area contributed by atoms with Crippen LogP contribution >= 0.6 is 23.2 Å². The van der Waals surface area contributed by atoms with Crippen LogP contribution in [-0.2, 0) is 9.53 Å². The minimum Gasteiger partial charge on any atom is -0.402 e. The van der Waals surface area contributed by atoms with Crippen LogP contribution in [-0.4, -0.2) is 12.0 Å². The Hall–Kier alpha value is -2.81. The van der Waals surface area contributed by atoms with Gasteiger partial charge in [0.05, 0.1) is 5.69 Å². The van der Waals surface area contributed by atoms with Crippen molar-refractivity contribution in [2.45, 2.75) is 0 Å². The molecule has 2 amide bonds. The van der Waals surface area contributed by atoms with E-state index in [0.29, 0.717) is 21.3 Å². The second kappa shape index (κ2) is 6.36. The van der Waals surface area contributed by atoms with Gasteiger partial charge in [0.2, 0.25) is 5.76 Å². The number of halogens is 2. The molecule has 5 nitrogen and oxygen atoms in total. The molecule has 1 saturated heterocycles. The topological polar surface area (TPSA) is 70.4 Å². The van der Waals surface area contributed by atoms with Gasteiger partial charge in [-0.25, -0.2) is 9.69 Å². The van der Waals surface area contributed by atoms with E-state index in [4.69, 9.17) is 27.9 Å². The molecule has 0 aromatic heterocycles. The van der Waals surface area contributed by atoms with Gasteiger partial charge in [0, 0.05) is 10.0 Å². The summed E-state index contributed by atoms with van der Waals surface area (Å²) < 4.78 is 5.04. The molecular formula is C17H8Cl2N2O3. The van der Waals surface area contributed by atoms with Gasteiger partial charge < -0.3 is 4.74 Å². The van der Waals surface area contributed by atoms with Crippen LogP contribution in [0.5, 0.6) is 0 Å². The van der Waals surface area contributed by atoms with E-state index < -0.39 is 12.0 Å². The molecule has 0 spiro atoms. The fourth-order valence-corrected chi connectivity index (χ4v) is 2.45. The van der Waals surface area contributed by atoms with Crippen molar-refractivity contribution in [1.29, 1.82) is 5.26 Å². The number of anilines is 1. The molecule has 0 saturated carbocycles. The molecule has 3 rings (SSSR count). The number of imide groups is 1. The molecule has 0 bridgehead atoms. The maximum atomic E-state index is 12.6. The third-order valence-corrected chi connectivity index (χ3v) is 3.83. The number of carbonyl (C=O) groups is 2. The molecule has 118 valence electrons. The maximum Gasteiger partial charge on any atom is 0.427 e. The molecule has 7 heteroatoms. The number of nitriles is 1. The van der Waals surface area contributed by atoms with Crippen LogP contribution < -0.4 is 4.90 Å². The van der Waals surface area contributed by atoms with Crippen molar-refractivity contribution < 1.29 is 14.3 Å². The number of carbonyl (C=O) groups excluding carboxylic acids is 2. The predicted molar refractivity (Wildman–Crippen MR) is 89.4 cm³/mol. The highest BCUT2D eigenvalue weighted by Crippen LogP contribution is 2.30. The number of hydrogen-bond donors (Lipinski definition) is 0. The van der Waals surface area contributed by atoms with Gasteiger partial charge in [-0.15, -0.1) is 0 Å². The fraction of sp³-hybridized carbons (Fsp3) is 0. The maximum absolute atomic E-state index is 12.6. The number of hydrogen-bond acceptors (Lipinski definition) is 4. The third-order valence-electron chi connectivity index (χ3n) is 3.33. The van der Waals surface area contributed by atoms with Gasteiger partial charge in [-0.1, -0.05) is 35.3 Å². The van der Waals surface area contributed by atoms with Gasteiger partial charge >= 0.3 is 12.0 Å². The second-order valence-corrected chi connectivity index (χ2v) is 5.68. The summed E-state index contributed by atoms with van der Waals surface area (Å²) in [7, 11) is 0. The van der Waals surface area contributed by atoms with Crippen molar-refractivity contribution in [3.63, 3.8) is 0 Å². The number of allylic oxidation sites excluding steroid dienone is 1. The standard InChI is InChI=1S/C17H8Cl2N2O3/c18-11-3-1-10(2-4-11)14(9-20)15-16(22)21(17(23)24-15)13-7-5-12(19)6-8-13/h1-8H/b15-14-. The van der Waals surface area contributed by atoms with Gasteiger partial charge in [0.1, 0.15) is 11.6 Å². The van der Waals surface area contributed by atoms with Crippen LogP contribution in [0.1, 0.15) is 5.56 Å².